The number of benzene rings is 1. The number of anilines is 3. The molecule has 3 heterocycles. The maximum Gasteiger partial charge on any atom is 0.223 e. The van der Waals surface area contributed by atoms with E-state index in [1.54, 1.807) is 12.3 Å². The summed E-state index contributed by atoms with van der Waals surface area (Å²) in [7, 11) is 0. The Labute approximate surface area is 172 Å². The van der Waals surface area contributed by atoms with Crippen LogP contribution in [-0.4, -0.2) is 57.1 Å². The number of nitrogens with one attached hydrogen (secondary N) is 2. The Hall–Kier alpha value is -2.62. The first-order chi connectivity index (χ1) is 14.1. The summed E-state index contributed by atoms with van der Waals surface area (Å²) in [5.41, 5.74) is 7.72. The van der Waals surface area contributed by atoms with E-state index < -0.39 is 5.82 Å². The molecule has 8 nitrogen and oxygen atoms in total. The van der Waals surface area contributed by atoms with Crippen LogP contribution in [0.15, 0.2) is 30.7 Å². The highest BCUT2D eigenvalue weighted by Crippen LogP contribution is 2.25. The number of aromatic nitrogens is 4. The fraction of sp³-hybridized carbons (Fsp3) is 0.368. The fourth-order valence-corrected chi connectivity index (χ4v) is 3.42. The number of piperidine rings is 1. The number of hydrogen-bond acceptors (Lipinski definition) is 8. The molecule has 1 fully saturated rings. The Morgan fingerprint density at radius 2 is 2.03 bits per heavy atom. The van der Waals surface area contributed by atoms with Crippen LogP contribution >= 0.6 is 11.6 Å². The van der Waals surface area contributed by atoms with Gasteiger partial charge in [-0.15, -0.1) is 0 Å². The average molecular weight is 417 g/mol. The minimum Gasteiger partial charge on any atom is -0.353 e. The van der Waals surface area contributed by atoms with Crippen molar-refractivity contribution < 1.29 is 4.39 Å². The summed E-state index contributed by atoms with van der Waals surface area (Å²) in [4.78, 5) is 19.7. The van der Waals surface area contributed by atoms with Crippen LogP contribution in [0.4, 0.5) is 21.8 Å². The molecule has 2 aromatic heterocycles. The van der Waals surface area contributed by atoms with Gasteiger partial charge in [0.2, 0.25) is 5.95 Å². The molecule has 0 unspecified atom stereocenters. The minimum atomic E-state index is -0.478. The molecule has 0 saturated carbocycles. The van der Waals surface area contributed by atoms with E-state index in [1.807, 2.05) is 0 Å². The largest absolute Gasteiger partial charge is 0.353 e. The van der Waals surface area contributed by atoms with Crippen molar-refractivity contribution in [2.75, 3.05) is 36.8 Å². The SMILES string of the molecule is NC1CCN(CCNc2ncc3ncnc(Nc4ccc(F)c(Cl)c4)c3n2)CC1. The van der Waals surface area contributed by atoms with Gasteiger partial charge in [0.25, 0.3) is 0 Å². The predicted octanol–water partition coefficient (Wildman–Crippen LogP) is 2.79. The van der Waals surface area contributed by atoms with E-state index in [0.717, 1.165) is 39.0 Å². The molecule has 0 atom stereocenters. The molecule has 29 heavy (non-hydrogen) atoms. The average Bonchev–Trinajstić information content (AvgIpc) is 2.73. The zero-order chi connectivity index (χ0) is 20.2. The van der Waals surface area contributed by atoms with Crippen LogP contribution in [0, 0.1) is 5.82 Å². The Kier molecular flexibility index (Phi) is 5.98. The topological polar surface area (TPSA) is 105 Å². The predicted molar refractivity (Wildman–Crippen MR) is 112 cm³/mol. The highest BCUT2D eigenvalue weighted by atomic mass is 35.5. The summed E-state index contributed by atoms with van der Waals surface area (Å²) in [5.74, 6) is 0.517. The van der Waals surface area contributed by atoms with Crippen molar-refractivity contribution in [3.8, 4) is 0 Å². The van der Waals surface area contributed by atoms with Crippen molar-refractivity contribution in [1.82, 2.24) is 24.8 Å². The molecule has 0 radical (unpaired) electrons. The van der Waals surface area contributed by atoms with Crippen LogP contribution in [0.25, 0.3) is 11.0 Å². The summed E-state index contributed by atoms with van der Waals surface area (Å²) in [6, 6.07) is 4.70. The molecule has 10 heteroatoms. The third-order valence-corrected chi connectivity index (χ3v) is 5.19. The molecule has 0 bridgehead atoms. The highest BCUT2D eigenvalue weighted by molar-refractivity contribution is 6.31. The summed E-state index contributed by atoms with van der Waals surface area (Å²) in [5, 5.41) is 6.40. The van der Waals surface area contributed by atoms with Gasteiger partial charge in [-0.3, -0.25) is 0 Å². The fourth-order valence-electron chi connectivity index (χ4n) is 3.24. The summed E-state index contributed by atoms with van der Waals surface area (Å²) in [6.45, 7) is 3.66. The molecule has 4 rings (SSSR count). The second-order valence-corrected chi connectivity index (χ2v) is 7.42. The number of hydrogen-bond donors (Lipinski definition) is 3. The summed E-state index contributed by atoms with van der Waals surface area (Å²) in [6.07, 6.45) is 5.14. The number of halogens is 2. The lowest BCUT2D eigenvalue weighted by Crippen LogP contribution is -2.41. The van der Waals surface area contributed by atoms with Crippen molar-refractivity contribution in [3.63, 3.8) is 0 Å². The van der Waals surface area contributed by atoms with Gasteiger partial charge in [-0.25, -0.2) is 24.3 Å². The lowest BCUT2D eigenvalue weighted by atomic mass is 10.1. The molecule has 4 N–H and O–H groups in total. The van der Waals surface area contributed by atoms with Crippen molar-refractivity contribution in [2.24, 2.45) is 5.73 Å². The maximum atomic E-state index is 13.4. The first-order valence-corrected chi connectivity index (χ1v) is 9.88. The molecule has 0 aliphatic carbocycles. The van der Waals surface area contributed by atoms with E-state index in [4.69, 9.17) is 17.3 Å². The van der Waals surface area contributed by atoms with Crippen molar-refractivity contribution in [1.29, 1.82) is 0 Å². The van der Waals surface area contributed by atoms with Gasteiger partial charge in [0.15, 0.2) is 5.82 Å². The first kappa shape index (κ1) is 19.7. The Bertz CT molecular complexity index is 993. The monoisotopic (exact) mass is 416 g/mol. The van der Waals surface area contributed by atoms with Gasteiger partial charge in [0.1, 0.15) is 23.2 Å². The highest BCUT2D eigenvalue weighted by Gasteiger charge is 2.15. The van der Waals surface area contributed by atoms with Gasteiger partial charge in [-0.2, -0.15) is 0 Å². The van der Waals surface area contributed by atoms with Crippen molar-refractivity contribution in [2.45, 2.75) is 18.9 Å². The number of nitrogens with two attached hydrogens (primary N) is 1. The Morgan fingerprint density at radius 1 is 1.21 bits per heavy atom. The van der Waals surface area contributed by atoms with Crippen LogP contribution in [-0.2, 0) is 0 Å². The summed E-state index contributed by atoms with van der Waals surface area (Å²) >= 11 is 5.86. The molecule has 1 aliphatic rings. The van der Waals surface area contributed by atoms with E-state index in [9.17, 15) is 4.39 Å². The standard InChI is InChI=1S/C19H22ClFN8/c20-14-9-13(1-2-15(14)21)27-18-17-16(25-11-26-18)10-24-19(28-17)23-5-8-29-6-3-12(22)4-7-29/h1-2,9-12H,3-8,22H2,(H,23,24,28)(H,25,26,27). The minimum absolute atomic E-state index is 0.0315. The lowest BCUT2D eigenvalue weighted by Gasteiger charge is -2.29. The lowest BCUT2D eigenvalue weighted by molar-refractivity contribution is 0.220. The van der Waals surface area contributed by atoms with Crippen LogP contribution < -0.4 is 16.4 Å². The Balaban J connectivity index is 1.46. The molecule has 1 saturated heterocycles. The van der Waals surface area contributed by atoms with Crippen molar-refractivity contribution in [3.05, 3.63) is 41.6 Å². The van der Waals surface area contributed by atoms with E-state index in [1.165, 1.54) is 18.5 Å². The second-order valence-electron chi connectivity index (χ2n) is 7.01. The van der Waals surface area contributed by atoms with Crippen LogP contribution in [0.2, 0.25) is 5.02 Å². The molecular weight excluding hydrogens is 395 g/mol. The number of rotatable bonds is 6. The van der Waals surface area contributed by atoms with Crippen molar-refractivity contribution >= 4 is 40.1 Å². The molecule has 3 aromatic rings. The molecule has 152 valence electrons. The first-order valence-electron chi connectivity index (χ1n) is 9.50. The van der Waals surface area contributed by atoms with E-state index in [-0.39, 0.29) is 5.02 Å². The smallest absolute Gasteiger partial charge is 0.223 e. The third-order valence-electron chi connectivity index (χ3n) is 4.90. The van der Waals surface area contributed by atoms with Gasteiger partial charge < -0.3 is 21.3 Å². The van der Waals surface area contributed by atoms with E-state index >= 15 is 0 Å². The molecular formula is C19H22ClFN8. The molecule has 0 spiro atoms. The Morgan fingerprint density at radius 3 is 2.83 bits per heavy atom. The van der Waals surface area contributed by atoms with Crippen LogP contribution in [0.3, 0.4) is 0 Å². The van der Waals surface area contributed by atoms with Crippen LogP contribution in [0.5, 0.6) is 0 Å². The van der Waals surface area contributed by atoms with Crippen LogP contribution in [0.1, 0.15) is 12.8 Å². The summed E-state index contributed by atoms with van der Waals surface area (Å²) < 4.78 is 13.4. The zero-order valence-corrected chi connectivity index (χ0v) is 16.5. The molecule has 0 amide bonds. The normalized spacial score (nSPS) is 15.6. The number of likely N-dealkylation sites (tertiary alicyclic amines) is 1. The number of nitrogens with zero attached hydrogens (tertiary/aromatic N) is 5. The maximum absolute atomic E-state index is 13.4. The van der Waals surface area contributed by atoms with Gasteiger partial charge in [-0.05, 0) is 44.1 Å². The molecule has 1 aliphatic heterocycles. The van der Waals surface area contributed by atoms with Gasteiger partial charge in [0, 0.05) is 24.8 Å². The quantitative estimate of drug-likeness (QED) is 0.563. The third kappa shape index (κ3) is 4.87. The van der Waals surface area contributed by atoms with Gasteiger partial charge in [-0.1, -0.05) is 11.6 Å². The zero-order valence-electron chi connectivity index (χ0n) is 15.8. The molecule has 1 aromatic carbocycles. The second kappa shape index (κ2) is 8.81. The van der Waals surface area contributed by atoms with Gasteiger partial charge >= 0.3 is 0 Å². The van der Waals surface area contributed by atoms with E-state index in [0.29, 0.717) is 34.5 Å². The number of fused-ring (bicyclic) bond motifs is 1. The van der Waals surface area contributed by atoms with Gasteiger partial charge in [0.05, 0.1) is 11.2 Å². The van der Waals surface area contributed by atoms with E-state index in [2.05, 4.69) is 35.5 Å².